The third-order valence-electron chi connectivity index (χ3n) is 3.13. The van der Waals surface area contributed by atoms with E-state index in [1.54, 1.807) is 18.7 Å². The van der Waals surface area contributed by atoms with Crippen LogP contribution < -0.4 is 5.32 Å². The second-order valence-electron chi connectivity index (χ2n) is 6.69. The molecule has 1 unspecified atom stereocenters. The fourth-order valence-electron chi connectivity index (χ4n) is 2.16. The maximum Gasteiger partial charge on any atom is 0.248 e. The zero-order valence-electron chi connectivity index (χ0n) is 12.9. The summed E-state index contributed by atoms with van der Waals surface area (Å²) in [6.45, 7) is 12.3. The van der Waals surface area contributed by atoms with Crippen molar-refractivity contribution in [2.45, 2.75) is 65.1 Å². The summed E-state index contributed by atoms with van der Waals surface area (Å²) >= 11 is 0. The number of carbonyl (C=O) groups excluding carboxylic acids is 2. The van der Waals surface area contributed by atoms with Crippen LogP contribution >= 0.6 is 0 Å². The number of ether oxygens (including phenoxy) is 1. The lowest BCUT2D eigenvalue weighted by Gasteiger charge is -2.32. The number of nitrogens with zero attached hydrogens (tertiary/aromatic N) is 1. The highest BCUT2D eigenvalue weighted by Gasteiger charge is 2.39. The van der Waals surface area contributed by atoms with Gasteiger partial charge in [-0.1, -0.05) is 0 Å². The Bertz CT molecular complexity index is 358. The van der Waals surface area contributed by atoms with Crippen molar-refractivity contribution in [1.29, 1.82) is 0 Å². The van der Waals surface area contributed by atoms with E-state index in [1.807, 2.05) is 27.7 Å². The molecule has 2 amide bonds. The van der Waals surface area contributed by atoms with Gasteiger partial charge < -0.3 is 15.0 Å². The lowest BCUT2D eigenvalue weighted by atomic mass is 10.0. The van der Waals surface area contributed by atoms with Gasteiger partial charge >= 0.3 is 0 Å². The smallest absolute Gasteiger partial charge is 0.248 e. The van der Waals surface area contributed by atoms with Crippen molar-refractivity contribution in [1.82, 2.24) is 10.2 Å². The molecule has 1 fully saturated rings. The van der Waals surface area contributed by atoms with Gasteiger partial charge in [0.05, 0.1) is 12.2 Å². The topological polar surface area (TPSA) is 58.6 Å². The zero-order valence-corrected chi connectivity index (χ0v) is 12.9. The summed E-state index contributed by atoms with van der Waals surface area (Å²) in [6, 6.07) is -0.0992. The molecule has 0 aromatic heterocycles. The molecule has 1 N–H and O–H groups in total. The van der Waals surface area contributed by atoms with Crippen LogP contribution in [0, 0.1) is 0 Å². The van der Waals surface area contributed by atoms with Gasteiger partial charge in [0, 0.05) is 19.0 Å². The molecule has 110 valence electrons. The standard InChI is InChI=1S/C14H26N2O3/c1-10-9-11(17)15-14(5,6)12(18)16(10)7-8-19-13(2,3)4/h10H,7-9H2,1-6H3,(H,15,17). The van der Waals surface area contributed by atoms with Gasteiger partial charge in [0.2, 0.25) is 11.8 Å². The average Bonchev–Trinajstić information content (AvgIpc) is 2.25. The predicted molar refractivity (Wildman–Crippen MR) is 73.7 cm³/mol. The Kier molecular flexibility index (Phi) is 4.61. The quantitative estimate of drug-likeness (QED) is 0.841. The molecule has 19 heavy (non-hydrogen) atoms. The average molecular weight is 270 g/mol. The summed E-state index contributed by atoms with van der Waals surface area (Å²) in [5.74, 6) is -0.131. The van der Waals surface area contributed by atoms with E-state index in [4.69, 9.17) is 4.74 Å². The Morgan fingerprint density at radius 1 is 1.37 bits per heavy atom. The molecule has 1 rings (SSSR count). The van der Waals surface area contributed by atoms with Crippen LogP contribution in [0.4, 0.5) is 0 Å². The largest absolute Gasteiger partial charge is 0.374 e. The minimum absolute atomic E-state index is 0.0524. The van der Waals surface area contributed by atoms with Gasteiger partial charge in [0.15, 0.2) is 0 Å². The number of amides is 2. The number of carbonyl (C=O) groups is 2. The molecule has 0 aromatic rings. The summed E-state index contributed by atoms with van der Waals surface area (Å²) in [4.78, 5) is 25.9. The van der Waals surface area contributed by atoms with Gasteiger partial charge in [0.1, 0.15) is 5.54 Å². The second-order valence-corrected chi connectivity index (χ2v) is 6.69. The Morgan fingerprint density at radius 3 is 2.47 bits per heavy atom. The van der Waals surface area contributed by atoms with E-state index in [0.717, 1.165) is 0 Å². The van der Waals surface area contributed by atoms with Gasteiger partial charge in [-0.05, 0) is 41.5 Å². The molecule has 1 heterocycles. The van der Waals surface area contributed by atoms with Crippen LogP contribution in [0.3, 0.4) is 0 Å². The fraction of sp³-hybridized carbons (Fsp3) is 0.857. The van der Waals surface area contributed by atoms with E-state index in [1.165, 1.54) is 0 Å². The molecule has 0 aliphatic carbocycles. The van der Waals surface area contributed by atoms with Gasteiger partial charge in [0.25, 0.3) is 0 Å². The van der Waals surface area contributed by atoms with E-state index in [9.17, 15) is 9.59 Å². The first-order chi connectivity index (χ1) is 8.53. The van der Waals surface area contributed by atoms with Crippen molar-refractivity contribution in [2.75, 3.05) is 13.2 Å². The minimum atomic E-state index is -0.844. The van der Waals surface area contributed by atoms with Gasteiger partial charge in [-0.25, -0.2) is 0 Å². The van der Waals surface area contributed by atoms with Crippen LogP contribution in [-0.4, -0.2) is 47.0 Å². The van der Waals surface area contributed by atoms with Crippen LogP contribution in [0.15, 0.2) is 0 Å². The van der Waals surface area contributed by atoms with Crippen molar-refractivity contribution in [3.8, 4) is 0 Å². The molecular weight excluding hydrogens is 244 g/mol. The third-order valence-corrected chi connectivity index (χ3v) is 3.13. The van der Waals surface area contributed by atoms with Crippen LogP contribution in [0.5, 0.6) is 0 Å². The Hall–Kier alpha value is -1.10. The second kappa shape index (κ2) is 5.49. The van der Waals surface area contributed by atoms with Crippen LogP contribution in [0.25, 0.3) is 0 Å². The molecule has 0 spiro atoms. The molecule has 1 aliphatic heterocycles. The van der Waals surface area contributed by atoms with Gasteiger partial charge in [-0.3, -0.25) is 9.59 Å². The van der Waals surface area contributed by atoms with E-state index in [2.05, 4.69) is 5.32 Å². The van der Waals surface area contributed by atoms with Crippen LogP contribution in [0.1, 0.15) is 48.0 Å². The molecule has 0 radical (unpaired) electrons. The van der Waals surface area contributed by atoms with Crippen molar-refractivity contribution in [3.63, 3.8) is 0 Å². The lowest BCUT2D eigenvalue weighted by Crippen LogP contribution is -2.54. The summed E-state index contributed by atoms with van der Waals surface area (Å²) in [5, 5.41) is 2.76. The van der Waals surface area contributed by atoms with Gasteiger partial charge in [-0.15, -0.1) is 0 Å². The molecule has 1 aliphatic rings. The Morgan fingerprint density at radius 2 is 1.95 bits per heavy atom. The van der Waals surface area contributed by atoms with Crippen LogP contribution in [0.2, 0.25) is 0 Å². The first-order valence-electron chi connectivity index (χ1n) is 6.79. The van der Waals surface area contributed by atoms with Crippen molar-refractivity contribution in [2.24, 2.45) is 0 Å². The lowest BCUT2D eigenvalue weighted by molar-refractivity contribution is -0.140. The highest BCUT2D eigenvalue weighted by molar-refractivity contribution is 5.93. The number of rotatable bonds is 3. The van der Waals surface area contributed by atoms with Gasteiger partial charge in [-0.2, -0.15) is 0 Å². The fourth-order valence-corrected chi connectivity index (χ4v) is 2.16. The summed E-state index contributed by atoms with van der Waals surface area (Å²) in [7, 11) is 0. The van der Waals surface area contributed by atoms with Crippen molar-refractivity contribution in [3.05, 3.63) is 0 Å². The van der Waals surface area contributed by atoms with Crippen LogP contribution in [-0.2, 0) is 14.3 Å². The van der Waals surface area contributed by atoms with E-state index < -0.39 is 5.54 Å². The highest BCUT2D eigenvalue weighted by Crippen LogP contribution is 2.18. The maximum absolute atomic E-state index is 12.4. The summed E-state index contributed by atoms with van der Waals surface area (Å²) in [5.41, 5.74) is -1.06. The summed E-state index contributed by atoms with van der Waals surface area (Å²) in [6.07, 6.45) is 0.338. The van der Waals surface area contributed by atoms with E-state index >= 15 is 0 Å². The van der Waals surface area contributed by atoms with E-state index in [0.29, 0.717) is 19.6 Å². The molecule has 0 bridgehead atoms. The van der Waals surface area contributed by atoms with Crippen molar-refractivity contribution >= 4 is 11.8 Å². The third kappa shape index (κ3) is 4.49. The first-order valence-corrected chi connectivity index (χ1v) is 6.79. The minimum Gasteiger partial charge on any atom is -0.374 e. The number of nitrogens with one attached hydrogen (secondary N) is 1. The summed E-state index contributed by atoms with van der Waals surface area (Å²) < 4.78 is 5.67. The molecule has 5 heteroatoms. The predicted octanol–water partition coefficient (Wildman–Crippen LogP) is 1.32. The molecule has 1 atom stereocenters. The van der Waals surface area contributed by atoms with E-state index in [-0.39, 0.29) is 23.5 Å². The zero-order chi connectivity index (χ0) is 14.8. The first kappa shape index (κ1) is 16.0. The highest BCUT2D eigenvalue weighted by atomic mass is 16.5. The normalized spacial score (nSPS) is 24.1. The Labute approximate surface area is 115 Å². The molecule has 0 saturated carbocycles. The maximum atomic E-state index is 12.4. The number of hydrogen-bond acceptors (Lipinski definition) is 3. The molecule has 1 saturated heterocycles. The SMILES string of the molecule is CC1CC(=O)NC(C)(C)C(=O)N1CCOC(C)(C)C. The molecule has 5 nitrogen and oxygen atoms in total. The Balaban J connectivity index is 2.73. The molecular formula is C14H26N2O3. The monoisotopic (exact) mass is 270 g/mol. The van der Waals surface area contributed by atoms with Crippen molar-refractivity contribution < 1.29 is 14.3 Å². The number of hydrogen-bond donors (Lipinski definition) is 1. The molecule has 0 aromatic carbocycles.